The Labute approximate surface area is 148 Å². The average Bonchev–Trinajstić information content (AvgIpc) is 2.99. The van der Waals surface area contributed by atoms with Crippen molar-refractivity contribution < 1.29 is 18.0 Å². The van der Waals surface area contributed by atoms with Crippen molar-refractivity contribution in [1.29, 1.82) is 0 Å². The summed E-state index contributed by atoms with van der Waals surface area (Å²) < 4.78 is 26.6. The van der Waals surface area contributed by atoms with Crippen molar-refractivity contribution in [2.75, 3.05) is 13.1 Å². The number of aryl methyl sites for hydroxylation is 1. The van der Waals surface area contributed by atoms with Gasteiger partial charge in [0.15, 0.2) is 5.78 Å². The molecule has 130 valence electrons. The average molecular weight is 377 g/mol. The molecule has 0 radical (unpaired) electrons. The van der Waals surface area contributed by atoms with Crippen molar-refractivity contribution in [2.45, 2.75) is 11.8 Å². The van der Waals surface area contributed by atoms with E-state index in [0.717, 1.165) is 0 Å². The second-order valence-electron chi connectivity index (χ2n) is 5.30. The van der Waals surface area contributed by atoms with E-state index < -0.39 is 10.0 Å². The lowest BCUT2D eigenvalue weighted by molar-refractivity contribution is 0.0977. The van der Waals surface area contributed by atoms with E-state index in [1.165, 1.54) is 29.5 Å². The first-order valence-electron chi connectivity index (χ1n) is 7.45. The second kappa shape index (κ2) is 6.87. The smallest absolute Gasteiger partial charge is 0.240 e. The Morgan fingerprint density at radius 1 is 1.12 bits per heavy atom. The number of hydrogen-bond acceptors (Lipinski definition) is 7. The molecule has 0 saturated carbocycles. The van der Waals surface area contributed by atoms with E-state index in [1.54, 1.807) is 25.1 Å². The van der Waals surface area contributed by atoms with E-state index in [1.807, 2.05) is 0 Å². The molecule has 0 unspecified atom stereocenters. The van der Waals surface area contributed by atoms with E-state index in [4.69, 9.17) is 0 Å². The molecule has 2 N–H and O–H groups in total. The summed E-state index contributed by atoms with van der Waals surface area (Å²) in [4.78, 5) is 28.9. The van der Waals surface area contributed by atoms with Crippen LogP contribution in [0.15, 0.2) is 47.0 Å². The Kier molecular flexibility index (Phi) is 4.80. The van der Waals surface area contributed by atoms with Crippen LogP contribution in [0.25, 0.3) is 0 Å². The molecule has 0 atom stereocenters. The molecule has 0 spiro atoms. The van der Waals surface area contributed by atoms with Gasteiger partial charge in [-0.25, -0.2) is 18.1 Å². The van der Waals surface area contributed by atoms with Crippen LogP contribution in [0.4, 0.5) is 0 Å². The molecule has 0 saturated heterocycles. The molecule has 0 amide bonds. The maximum Gasteiger partial charge on any atom is 0.240 e. The third kappa shape index (κ3) is 3.68. The fourth-order valence-electron chi connectivity index (χ4n) is 2.33. The Morgan fingerprint density at radius 3 is 2.56 bits per heavy atom. The highest BCUT2D eigenvalue weighted by molar-refractivity contribution is 7.89. The summed E-state index contributed by atoms with van der Waals surface area (Å²) in [7, 11) is -3.60. The van der Waals surface area contributed by atoms with Crippen molar-refractivity contribution in [3.05, 3.63) is 57.7 Å². The van der Waals surface area contributed by atoms with Gasteiger partial charge in [0.25, 0.3) is 0 Å². The topological polar surface area (TPSA) is 105 Å². The molecule has 9 heteroatoms. The van der Waals surface area contributed by atoms with Crippen LogP contribution >= 0.6 is 11.3 Å². The van der Waals surface area contributed by atoms with Crippen molar-refractivity contribution >= 4 is 32.9 Å². The highest BCUT2D eigenvalue weighted by atomic mass is 32.2. The van der Waals surface area contributed by atoms with Gasteiger partial charge in [-0.15, -0.1) is 11.3 Å². The van der Waals surface area contributed by atoms with Gasteiger partial charge in [-0.05, 0) is 19.1 Å². The Balaban J connectivity index is 1.60. The quantitative estimate of drug-likeness (QED) is 0.735. The van der Waals surface area contributed by atoms with Gasteiger partial charge in [0, 0.05) is 19.2 Å². The van der Waals surface area contributed by atoms with E-state index in [9.17, 15) is 18.0 Å². The predicted octanol–water partition coefficient (Wildman–Crippen LogP) is 1.28. The van der Waals surface area contributed by atoms with Crippen LogP contribution in [0.2, 0.25) is 0 Å². The summed E-state index contributed by atoms with van der Waals surface area (Å²) in [6.07, 6.45) is 1.23. The minimum Gasteiger partial charge on any atom is -0.380 e. The zero-order valence-corrected chi connectivity index (χ0v) is 14.9. The molecule has 0 bridgehead atoms. The largest absolute Gasteiger partial charge is 0.380 e. The van der Waals surface area contributed by atoms with Gasteiger partial charge in [-0.2, -0.15) is 0 Å². The second-order valence-corrected chi connectivity index (χ2v) is 8.27. The number of ketones is 2. The number of fused-ring (bicyclic) bond motifs is 1. The van der Waals surface area contributed by atoms with Crippen molar-refractivity contribution in [1.82, 2.24) is 15.0 Å². The maximum atomic E-state index is 12.3. The van der Waals surface area contributed by atoms with E-state index in [-0.39, 0.29) is 40.9 Å². The number of nitrogens with one attached hydrogen (secondary N) is 2. The summed E-state index contributed by atoms with van der Waals surface area (Å²) in [5.41, 5.74) is 0.282. The maximum absolute atomic E-state index is 12.3. The fourth-order valence-corrected chi connectivity index (χ4v) is 4.21. The molecule has 1 aromatic carbocycles. The first-order valence-corrected chi connectivity index (χ1v) is 9.75. The van der Waals surface area contributed by atoms with Gasteiger partial charge in [0.2, 0.25) is 15.8 Å². The highest BCUT2D eigenvalue weighted by Gasteiger charge is 2.29. The zero-order valence-electron chi connectivity index (χ0n) is 13.3. The minimum absolute atomic E-state index is 0.0684. The molecule has 2 aromatic rings. The van der Waals surface area contributed by atoms with Gasteiger partial charge in [-0.1, -0.05) is 18.2 Å². The Bertz CT molecular complexity index is 963. The van der Waals surface area contributed by atoms with Gasteiger partial charge in [-0.3, -0.25) is 9.59 Å². The standard InChI is InChI=1S/C16H15N3O4S2/c1-10-19-14-15(21)12(9-13(20)16(14)24-10)17-7-8-18-25(22,23)11-5-3-2-4-6-11/h2-6,9,17-18H,7-8H2,1H3. The fraction of sp³-hybridized carbons (Fsp3) is 0.188. The number of thiazole rings is 1. The third-order valence-corrected chi connectivity index (χ3v) is 5.94. The number of hydrogen-bond donors (Lipinski definition) is 2. The minimum atomic E-state index is -3.60. The van der Waals surface area contributed by atoms with Crippen molar-refractivity contribution in [3.8, 4) is 0 Å². The van der Waals surface area contributed by atoms with Crippen LogP contribution in [0.5, 0.6) is 0 Å². The van der Waals surface area contributed by atoms with E-state index in [2.05, 4.69) is 15.0 Å². The number of Topliss-reactive ketones (excluding diaryl/α,β-unsaturated/α-hetero) is 1. The summed E-state index contributed by atoms with van der Waals surface area (Å²) in [5, 5.41) is 3.45. The SMILES string of the molecule is Cc1nc2c(s1)C(=O)C=C(NCCNS(=O)(=O)c1ccccc1)C2=O. The number of sulfonamides is 1. The molecule has 1 aliphatic rings. The summed E-state index contributed by atoms with van der Waals surface area (Å²) in [5.74, 6) is -0.627. The first-order chi connectivity index (χ1) is 11.9. The van der Waals surface area contributed by atoms with Crippen molar-refractivity contribution in [3.63, 3.8) is 0 Å². The number of carbonyl (C=O) groups excluding carboxylic acids is 2. The molecule has 7 nitrogen and oxygen atoms in total. The number of carbonyl (C=O) groups is 2. The lowest BCUT2D eigenvalue weighted by atomic mass is 10.0. The normalized spacial score (nSPS) is 14.2. The molecular weight excluding hydrogens is 362 g/mol. The van der Waals surface area contributed by atoms with Gasteiger partial charge in [0.05, 0.1) is 15.6 Å². The molecular formula is C16H15N3O4S2. The predicted molar refractivity (Wildman–Crippen MR) is 93.2 cm³/mol. The number of benzene rings is 1. The molecule has 1 heterocycles. The van der Waals surface area contributed by atoms with Gasteiger partial charge < -0.3 is 5.32 Å². The van der Waals surface area contributed by atoms with Crippen molar-refractivity contribution in [2.24, 2.45) is 0 Å². The van der Waals surface area contributed by atoms with Gasteiger partial charge in [0.1, 0.15) is 10.6 Å². The summed E-state index contributed by atoms with van der Waals surface area (Å²) >= 11 is 1.19. The molecule has 0 aliphatic heterocycles. The van der Waals surface area contributed by atoms with Crippen LogP contribution in [-0.4, -0.2) is 38.1 Å². The molecule has 1 aromatic heterocycles. The van der Waals surface area contributed by atoms with E-state index >= 15 is 0 Å². The lowest BCUT2D eigenvalue weighted by Crippen LogP contribution is -2.34. The van der Waals surface area contributed by atoms with Crippen LogP contribution in [-0.2, 0) is 10.0 Å². The number of allylic oxidation sites excluding steroid dienone is 2. The molecule has 1 aliphatic carbocycles. The summed E-state index contributed by atoms with van der Waals surface area (Å²) in [6.45, 7) is 1.96. The van der Waals surface area contributed by atoms with E-state index in [0.29, 0.717) is 9.88 Å². The number of nitrogens with zero attached hydrogens (tertiary/aromatic N) is 1. The number of rotatable bonds is 6. The zero-order chi connectivity index (χ0) is 18.0. The Morgan fingerprint density at radius 2 is 1.84 bits per heavy atom. The molecule has 3 rings (SSSR count). The molecule has 0 fully saturated rings. The Hall–Kier alpha value is -2.36. The highest BCUT2D eigenvalue weighted by Crippen LogP contribution is 2.25. The monoisotopic (exact) mass is 377 g/mol. The van der Waals surface area contributed by atoms with Crippen LogP contribution < -0.4 is 10.0 Å². The van der Waals surface area contributed by atoms with Crippen LogP contribution in [0, 0.1) is 6.92 Å². The number of aromatic nitrogens is 1. The third-order valence-electron chi connectivity index (χ3n) is 3.48. The van der Waals surface area contributed by atoms with Crippen LogP contribution in [0.3, 0.4) is 0 Å². The first kappa shape index (κ1) is 17.5. The van der Waals surface area contributed by atoms with Crippen LogP contribution in [0.1, 0.15) is 25.2 Å². The summed E-state index contributed by atoms with van der Waals surface area (Å²) in [6, 6.07) is 7.99. The lowest BCUT2D eigenvalue weighted by Gasteiger charge is -2.13. The molecule has 25 heavy (non-hydrogen) atoms. The van der Waals surface area contributed by atoms with Gasteiger partial charge >= 0.3 is 0 Å².